The highest BCUT2D eigenvalue weighted by Gasteiger charge is 2.14. The molecule has 1 aliphatic rings. The van der Waals surface area contributed by atoms with Gasteiger partial charge in [-0.3, -0.25) is 0 Å². The second kappa shape index (κ2) is 8.88. The van der Waals surface area contributed by atoms with Crippen molar-refractivity contribution < 1.29 is 0 Å². The maximum atomic E-state index is 4.55. The van der Waals surface area contributed by atoms with E-state index in [0.29, 0.717) is 5.25 Å². The molecule has 2 rings (SSSR count). The van der Waals surface area contributed by atoms with Crippen molar-refractivity contribution in [1.29, 1.82) is 0 Å². The number of rotatable bonds is 3. The Hall–Kier alpha value is -0.290. The van der Waals surface area contributed by atoms with Crippen LogP contribution in [0, 0.1) is 6.92 Å². The SMILES string of the molecule is CSc1nc(C)nc(SC2CCCCCCCCC2)n1. The van der Waals surface area contributed by atoms with Gasteiger partial charge in [0.2, 0.25) is 0 Å². The Kier molecular flexibility index (Phi) is 7.14. The van der Waals surface area contributed by atoms with E-state index in [1.54, 1.807) is 11.8 Å². The number of hydrogen-bond donors (Lipinski definition) is 0. The third-order valence-corrected chi connectivity index (χ3v) is 5.46. The monoisotopic (exact) mass is 311 g/mol. The fourth-order valence-electron chi connectivity index (χ4n) is 2.62. The molecule has 0 unspecified atom stereocenters. The molecule has 0 bridgehead atoms. The first-order valence-electron chi connectivity index (χ1n) is 7.71. The highest BCUT2D eigenvalue weighted by atomic mass is 32.2. The average molecular weight is 312 g/mol. The Bertz CT molecular complexity index is 402. The number of hydrogen-bond acceptors (Lipinski definition) is 5. The molecule has 1 aromatic rings. The van der Waals surface area contributed by atoms with E-state index in [2.05, 4.69) is 15.0 Å². The summed E-state index contributed by atoms with van der Waals surface area (Å²) in [6.07, 6.45) is 14.4. The van der Waals surface area contributed by atoms with Gasteiger partial charge in [-0.2, -0.15) is 4.98 Å². The van der Waals surface area contributed by atoms with Gasteiger partial charge in [-0.25, -0.2) is 9.97 Å². The minimum atomic E-state index is 0.685. The third-order valence-electron chi connectivity index (χ3n) is 3.71. The van der Waals surface area contributed by atoms with E-state index in [0.717, 1.165) is 16.1 Å². The van der Waals surface area contributed by atoms with E-state index in [-0.39, 0.29) is 0 Å². The minimum absolute atomic E-state index is 0.685. The normalized spacial score (nSPS) is 18.9. The summed E-state index contributed by atoms with van der Waals surface area (Å²) in [5.41, 5.74) is 0. The molecule has 3 nitrogen and oxygen atoms in total. The minimum Gasteiger partial charge on any atom is -0.208 e. The molecule has 5 heteroatoms. The summed E-state index contributed by atoms with van der Waals surface area (Å²) >= 11 is 3.47. The number of nitrogens with zero attached hydrogens (tertiary/aromatic N) is 3. The van der Waals surface area contributed by atoms with Gasteiger partial charge >= 0.3 is 0 Å². The van der Waals surface area contributed by atoms with Crippen molar-refractivity contribution in [3.63, 3.8) is 0 Å². The summed E-state index contributed by atoms with van der Waals surface area (Å²) in [4.78, 5) is 13.4. The predicted octanol–water partition coefficient (Wildman–Crippen LogP) is 4.89. The summed E-state index contributed by atoms with van der Waals surface area (Å²) in [6, 6.07) is 0. The van der Waals surface area contributed by atoms with Crippen molar-refractivity contribution in [1.82, 2.24) is 15.0 Å². The summed E-state index contributed by atoms with van der Waals surface area (Å²) in [7, 11) is 0. The molecule has 0 amide bonds. The maximum absolute atomic E-state index is 4.55. The molecule has 0 radical (unpaired) electrons. The van der Waals surface area contributed by atoms with E-state index in [9.17, 15) is 0 Å². The van der Waals surface area contributed by atoms with Crippen LogP contribution in [0.5, 0.6) is 0 Å². The summed E-state index contributed by atoms with van der Waals surface area (Å²) in [5.74, 6) is 0.840. The zero-order chi connectivity index (χ0) is 14.2. The first kappa shape index (κ1) is 16.1. The van der Waals surface area contributed by atoms with Crippen molar-refractivity contribution in [3.05, 3.63) is 5.82 Å². The van der Waals surface area contributed by atoms with Crippen LogP contribution in [0.25, 0.3) is 0 Å². The van der Waals surface area contributed by atoms with Crippen LogP contribution >= 0.6 is 23.5 Å². The van der Waals surface area contributed by atoms with Crippen LogP contribution < -0.4 is 0 Å². The van der Waals surface area contributed by atoms with Gasteiger partial charge in [-0.15, -0.1) is 0 Å². The van der Waals surface area contributed by atoms with E-state index >= 15 is 0 Å². The van der Waals surface area contributed by atoms with Gasteiger partial charge < -0.3 is 0 Å². The van der Waals surface area contributed by atoms with Gasteiger partial charge in [0, 0.05) is 5.25 Å². The lowest BCUT2D eigenvalue weighted by Crippen LogP contribution is -2.07. The zero-order valence-electron chi connectivity index (χ0n) is 12.6. The van der Waals surface area contributed by atoms with Gasteiger partial charge in [0.25, 0.3) is 0 Å². The second-order valence-corrected chi connectivity index (χ2v) is 7.48. The van der Waals surface area contributed by atoms with Gasteiger partial charge in [0.05, 0.1) is 0 Å². The molecule has 1 heterocycles. The maximum Gasteiger partial charge on any atom is 0.192 e. The highest BCUT2D eigenvalue weighted by Crippen LogP contribution is 2.30. The van der Waals surface area contributed by atoms with Gasteiger partial charge in [0.15, 0.2) is 10.3 Å². The highest BCUT2D eigenvalue weighted by molar-refractivity contribution is 8.00. The number of thioether (sulfide) groups is 2. The standard InChI is InChI=1S/C15H25N3S2/c1-12-16-14(19-2)18-15(17-12)20-13-10-8-6-4-3-5-7-9-11-13/h13H,3-11H2,1-2H3. The van der Waals surface area contributed by atoms with Gasteiger partial charge in [0.1, 0.15) is 5.82 Å². The molecule has 20 heavy (non-hydrogen) atoms. The van der Waals surface area contributed by atoms with Crippen molar-refractivity contribution >= 4 is 23.5 Å². The summed E-state index contributed by atoms with van der Waals surface area (Å²) in [5, 5.41) is 2.45. The van der Waals surface area contributed by atoms with Crippen LogP contribution in [0.15, 0.2) is 10.3 Å². The number of aryl methyl sites for hydroxylation is 1. The van der Waals surface area contributed by atoms with Crippen LogP contribution in [0.4, 0.5) is 0 Å². The summed E-state index contributed by atoms with van der Waals surface area (Å²) in [6.45, 7) is 1.96. The smallest absolute Gasteiger partial charge is 0.192 e. The van der Waals surface area contributed by atoms with E-state index in [1.165, 1.54) is 57.8 Å². The topological polar surface area (TPSA) is 38.7 Å². The quantitative estimate of drug-likeness (QED) is 0.743. The van der Waals surface area contributed by atoms with Crippen molar-refractivity contribution in [2.24, 2.45) is 0 Å². The molecule has 1 saturated carbocycles. The Morgan fingerprint density at radius 2 is 1.35 bits per heavy atom. The molecule has 0 spiro atoms. The first-order chi connectivity index (χ1) is 9.78. The molecule has 0 aromatic carbocycles. The zero-order valence-corrected chi connectivity index (χ0v) is 14.2. The Labute approximate surface area is 131 Å². The fraction of sp³-hybridized carbons (Fsp3) is 0.800. The predicted molar refractivity (Wildman–Crippen MR) is 87.5 cm³/mol. The molecule has 1 aromatic heterocycles. The Morgan fingerprint density at radius 3 is 1.95 bits per heavy atom. The largest absolute Gasteiger partial charge is 0.208 e. The average Bonchev–Trinajstić information content (AvgIpc) is 2.45. The molecule has 112 valence electrons. The molecular weight excluding hydrogens is 286 g/mol. The molecular formula is C15H25N3S2. The van der Waals surface area contributed by atoms with E-state index in [1.807, 2.05) is 24.9 Å². The summed E-state index contributed by atoms with van der Waals surface area (Å²) < 4.78 is 0. The lowest BCUT2D eigenvalue weighted by molar-refractivity contribution is 0.510. The molecule has 0 saturated heterocycles. The van der Waals surface area contributed by atoms with Crippen LogP contribution in [-0.2, 0) is 0 Å². The van der Waals surface area contributed by atoms with Crippen molar-refractivity contribution in [2.75, 3.05) is 6.26 Å². The third kappa shape index (κ3) is 5.60. The molecule has 1 aliphatic carbocycles. The van der Waals surface area contributed by atoms with Crippen LogP contribution in [0.2, 0.25) is 0 Å². The van der Waals surface area contributed by atoms with Gasteiger partial charge in [-0.05, 0) is 26.0 Å². The fourth-order valence-corrected chi connectivity index (χ4v) is 4.27. The number of aromatic nitrogens is 3. The van der Waals surface area contributed by atoms with Crippen molar-refractivity contribution in [2.45, 2.75) is 80.3 Å². The second-order valence-electron chi connectivity index (χ2n) is 5.44. The molecule has 0 atom stereocenters. The Morgan fingerprint density at radius 1 is 0.800 bits per heavy atom. The molecule has 1 fully saturated rings. The van der Waals surface area contributed by atoms with Crippen LogP contribution in [0.3, 0.4) is 0 Å². The molecule has 0 N–H and O–H groups in total. The van der Waals surface area contributed by atoms with Crippen LogP contribution in [-0.4, -0.2) is 26.5 Å². The van der Waals surface area contributed by atoms with Crippen LogP contribution in [0.1, 0.15) is 63.6 Å². The Balaban J connectivity index is 1.96. The lowest BCUT2D eigenvalue weighted by atomic mass is 10.0. The van der Waals surface area contributed by atoms with E-state index in [4.69, 9.17) is 0 Å². The molecule has 0 aliphatic heterocycles. The van der Waals surface area contributed by atoms with Crippen molar-refractivity contribution in [3.8, 4) is 0 Å². The van der Waals surface area contributed by atoms with E-state index < -0.39 is 0 Å². The van der Waals surface area contributed by atoms with Gasteiger partial charge in [-0.1, -0.05) is 68.5 Å². The first-order valence-corrected chi connectivity index (χ1v) is 9.81. The lowest BCUT2D eigenvalue weighted by Gasteiger charge is -2.17.